The predicted molar refractivity (Wildman–Crippen MR) is 99.0 cm³/mol. The van der Waals surface area contributed by atoms with Crippen LogP contribution in [0.5, 0.6) is 5.75 Å². The van der Waals surface area contributed by atoms with Crippen LogP contribution in [-0.2, 0) is 6.42 Å². The number of carbonyl (C=O) groups is 1. The van der Waals surface area contributed by atoms with E-state index in [0.717, 1.165) is 29.1 Å². The summed E-state index contributed by atoms with van der Waals surface area (Å²) in [6.07, 6.45) is 0.772. The maximum absolute atomic E-state index is 11.9. The van der Waals surface area contributed by atoms with Crippen molar-refractivity contribution in [2.75, 3.05) is 12.9 Å². The molecule has 0 aliphatic carbocycles. The molecule has 3 rings (SSSR count). The monoisotopic (exact) mass is 377 g/mol. The number of rotatable bonds is 6. The Morgan fingerprint density at radius 1 is 1.24 bits per heavy atom. The number of thiophene rings is 1. The predicted octanol–water partition coefficient (Wildman–Crippen LogP) is 1.72. The van der Waals surface area contributed by atoms with Gasteiger partial charge in [0, 0.05) is 5.75 Å². The molecule has 0 aliphatic rings. The van der Waals surface area contributed by atoms with Gasteiger partial charge >= 0.3 is 5.69 Å². The van der Waals surface area contributed by atoms with Crippen LogP contribution in [0.25, 0.3) is 10.2 Å². The van der Waals surface area contributed by atoms with Gasteiger partial charge in [-0.1, -0.05) is 12.1 Å². The van der Waals surface area contributed by atoms with Gasteiger partial charge in [-0.3, -0.25) is 14.6 Å². The molecule has 4 N–H and O–H groups in total. The molecule has 9 heteroatoms. The van der Waals surface area contributed by atoms with E-state index >= 15 is 0 Å². The summed E-state index contributed by atoms with van der Waals surface area (Å²) in [4.78, 5) is 39.8. The molecular formula is C16H15N3O4S2. The number of carbonyl (C=O) groups excluding carboxylic acids is 1. The molecule has 0 aliphatic heterocycles. The van der Waals surface area contributed by atoms with Crippen molar-refractivity contribution in [3.63, 3.8) is 0 Å². The Bertz CT molecular complexity index is 1030. The third-order valence-electron chi connectivity index (χ3n) is 3.58. The number of benzene rings is 1. The average Bonchev–Trinajstić information content (AvgIpc) is 2.94. The number of methoxy groups -OCH3 is 1. The first-order valence-corrected chi connectivity index (χ1v) is 9.14. The second kappa shape index (κ2) is 7.16. The van der Waals surface area contributed by atoms with E-state index in [2.05, 4.69) is 9.97 Å². The zero-order valence-corrected chi connectivity index (χ0v) is 14.9. The molecule has 0 atom stereocenters. The van der Waals surface area contributed by atoms with E-state index in [0.29, 0.717) is 14.7 Å². The summed E-state index contributed by atoms with van der Waals surface area (Å²) in [7, 11) is 1.61. The summed E-state index contributed by atoms with van der Waals surface area (Å²) in [6.45, 7) is 0. The van der Waals surface area contributed by atoms with Gasteiger partial charge in [0.2, 0.25) is 0 Å². The van der Waals surface area contributed by atoms with E-state index in [-0.39, 0.29) is 11.1 Å². The first-order chi connectivity index (χ1) is 12.0. The summed E-state index contributed by atoms with van der Waals surface area (Å²) >= 11 is 2.59. The number of aromatic nitrogens is 2. The van der Waals surface area contributed by atoms with Gasteiger partial charge in [-0.2, -0.15) is 0 Å². The number of aromatic amines is 2. The normalized spacial score (nSPS) is 10.9. The molecule has 1 amide bonds. The summed E-state index contributed by atoms with van der Waals surface area (Å²) < 4.78 is 6.04. The van der Waals surface area contributed by atoms with Crippen molar-refractivity contribution in [3.8, 4) is 5.75 Å². The smallest absolute Gasteiger partial charge is 0.326 e. The van der Waals surface area contributed by atoms with Gasteiger partial charge in [-0.15, -0.1) is 23.1 Å². The van der Waals surface area contributed by atoms with Crippen molar-refractivity contribution in [2.45, 2.75) is 10.6 Å². The maximum atomic E-state index is 11.9. The zero-order chi connectivity index (χ0) is 18.0. The van der Waals surface area contributed by atoms with Crippen LogP contribution in [0, 0.1) is 0 Å². The lowest BCUT2D eigenvalue weighted by atomic mass is 10.2. The molecule has 0 fully saturated rings. The van der Waals surface area contributed by atoms with E-state index in [4.69, 9.17) is 10.5 Å². The lowest BCUT2D eigenvalue weighted by Crippen LogP contribution is -2.22. The van der Waals surface area contributed by atoms with Crippen molar-refractivity contribution >= 4 is 39.2 Å². The Morgan fingerprint density at radius 3 is 2.60 bits per heavy atom. The molecule has 0 radical (unpaired) electrons. The quantitative estimate of drug-likeness (QED) is 0.565. The van der Waals surface area contributed by atoms with Gasteiger partial charge in [0.1, 0.15) is 10.4 Å². The maximum Gasteiger partial charge on any atom is 0.326 e. The molecule has 2 aromatic heterocycles. The van der Waals surface area contributed by atoms with Gasteiger partial charge in [-0.05, 0) is 24.1 Å². The van der Waals surface area contributed by atoms with E-state index < -0.39 is 17.2 Å². The number of hydrogen-bond acceptors (Lipinski definition) is 6. The van der Waals surface area contributed by atoms with Crippen molar-refractivity contribution < 1.29 is 9.53 Å². The lowest BCUT2D eigenvalue weighted by molar-refractivity contribution is 0.0999. The number of H-pyrrole nitrogens is 2. The number of fused-ring (bicyclic) bond motifs is 1. The number of nitrogens with two attached hydrogens (primary N) is 1. The molecule has 0 bridgehead atoms. The first kappa shape index (κ1) is 17.3. The number of aryl methyl sites for hydroxylation is 1. The highest BCUT2D eigenvalue weighted by Gasteiger charge is 2.20. The van der Waals surface area contributed by atoms with Crippen LogP contribution in [0.2, 0.25) is 0 Å². The fraction of sp³-hybridized carbons (Fsp3) is 0.188. The molecule has 0 unspecified atom stereocenters. The summed E-state index contributed by atoms with van der Waals surface area (Å²) in [5, 5.41) is 0. The third kappa shape index (κ3) is 3.62. The molecular weight excluding hydrogens is 362 g/mol. The van der Waals surface area contributed by atoms with Crippen LogP contribution >= 0.6 is 23.1 Å². The van der Waals surface area contributed by atoms with Crippen LogP contribution < -0.4 is 21.7 Å². The highest BCUT2D eigenvalue weighted by molar-refractivity contribution is 8.01. The van der Waals surface area contributed by atoms with Crippen LogP contribution in [-0.4, -0.2) is 28.7 Å². The number of primary amides is 1. The number of nitrogens with one attached hydrogen (secondary N) is 2. The SMILES string of the molecule is COc1ccc(CCSc2sc3c(=O)[nH]c(=O)[nH]c3c2C(N)=O)cc1. The molecule has 2 heterocycles. The summed E-state index contributed by atoms with van der Waals surface area (Å²) in [5.41, 5.74) is 5.80. The minimum absolute atomic E-state index is 0.197. The van der Waals surface area contributed by atoms with E-state index in [9.17, 15) is 14.4 Å². The van der Waals surface area contributed by atoms with Gasteiger partial charge in [0.05, 0.1) is 22.4 Å². The largest absolute Gasteiger partial charge is 0.497 e. The molecule has 0 saturated heterocycles. The Balaban J connectivity index is 1.84. The van der Waals surface area contributed by atoms with Gasteiger partial charge in [0.25, 0.3) is 11.5 Å². The fourth-order valence-corrected chi connectivity index (χ4v) is 4.87. The highest BCUT2D eigenvalue weighted by atomic mass is 32.2. The average molecular weight is 377 g/mol. The lowest BCUT2D eigenvalue weighted by Gasteiger charge is -2.04. The van der Waals surface area contributed by atoms with Crippen molar-refractivity contribution in [3.05, 3.63) is 56.2 Å². The molecule has 3 aromatic rings. The highest BCUT2D eigenvalue weighted by Crippen LogP contribution is 2.35. The first-order valence-electron chi connectivity index (χ1n) is 7.34. The number of ether oxygens (including phenoxy) is 1. The standard InChI is InChI=1S/C16H15N3O4S2/c1-23-9-4-2-8(3-5-9)6-7-24-15-10(13(17)20)11-12(25-15)14(21)19-16(22)18-11/h2-5H,6-7H2,1H3,(H2,17,20)(H2,18,19,21,22). The summed E-state index contributed by atoms with van der Waals surface area (Å²) in [5.74, 6) is 0.821. The molecule has 25 heavy (non-hydrogen) atoms. The molecule has 1 aromatic carbocycles. The van der Waals surface area contributed by atoms with E-state index in [1.807, 2.05) is 24.3 Å². The van der Waals surface area contributed by atoms with Crippen molar-refractivity contribution in [2.24, 2.45) is 5.73 Å². The van der Waals surface area contributed by atoms with Crippen LogP contribution in [0.1, 0.15) is 15.9 Å². The minimum Gasteiger partial charge on any atom is -0.497 e. The Labute approximate surface area is 150 Å². The molecule has 0 spiro atoms. The van der Waals surface area contributed by atoms with Crippen LogP contribution in [0.15, 0.2) is 38.1 Å². The minimum atomic E-state index is -0.667. The molecule has 0 saturated carbocycles. The third-order valence-corrected chi connectivity index (χ3v) is 6.04. The molecule has 130 valence electrons. The second-order valence-corrected chi connectivity index (χ2v) is 7.57. The number of hydrogen-bond donors (Lipinski definition) is 3. The zero-order valence-electron chi connectivity index (χ0n) is 13.3. The Hall–Kier alpha value is -2.52. The van der Waals surface area contributed by atoms with Crippen LogP contribution in [0.3, 0.4) is 0 Å². The van der Waals surface area contributed by atoms with Crippen molar-refractivity contribution in [1.29, 1.82) is 0 Å². The van der Waals surface area contributed by atoms with Gasteiger partial charge < -0.3 is 15.5 Å². The Morgan fingerprint density at radius 2 is 1.96 bits per heavy atom. The second-order valence-electron chi connectivity index (χ2n) is 5.19. The van der Waals surface area contributed by atoms with Gasteiger partial charge in [0.15, 0.2) is 0 Å². The number of amides is 1. The van der Waals surface area contributed by atoms with Crippen molar-refractivity contribution in [1.82, 2.24) is 9.97 Å². The fourth-order valence-electron chi connectivity index (χ4n) is 2.37. The topological polar surface area (TPSA) is 118 Å². The number of thioether (sulfide) groups is 1. The Kier molecular flexibility index (Phi) is 4.95. The summed E-state index contributed by atoms with van der Waals surface area (Å²) in [6, 6.07) is 7.72. The van der Waals surface area contributed by atoms with E-state index in [1.54, 1.807) is 7.11 Å². The van der Waals surface area contributed by atoms with Crippen LogP contribution in [0.4, 0.5) is 0 Å². The van der Waals surface area contributed by atoms with E-state index in [1.165, 1.54) is 11.8 Å². The van der Waals surface area contributed by atoms with Gasteiger partial charge in [-0.25, -0.2) is 4.79 Å². The molecule has 7 nitrogen and oxygen atoms in total.